The van der Waals surface area contributed by atoms with Crippen molar-refractivity contribution in [3.63, 3.8) is 0 Å². The molecule has 0 heterocycles. The van der Waals surface area contributed by atoms with Gasteiger partial charge in [-0.3, -0.25) is 9.69 Å². The van der Waals surface area contributed by atoms with Gasteiger partial charge in [0.25, 0.3) is 0 Å². The molecule has 2 aromatic carbocycles. The van der Waals surface area contributed by atoms with Crippen LogP contribution in [0.5, 0.6) is 11.5 Å². The highest BCUT2D eigenvalue weighted by Crippen LogP contribution is 2.19. The number of nitrogens with zero attached hydrogens (tertiary/aromatic N) is 1. The standard InChI is InChI=1S/C21H27NO4/c1-4-20(24)16-9-11-19(12-10-16)26-15-18(23)14-22(2)13-17-7-5-6-8-21(17)25-3/h5-12,18,23H,4,13-15H2,1-3H3. The van der Waals surface area contributed by atoms with Crippen LogP contribution in [0, 0.1) is 0 Å². The summed E-state index contributed by atoms with van der Waals surface area (Å²) in [5, 5.41) is 10.2. The van der Waals surface area contributed by atoms with Gasteiger partial charge in [0.1, 0.15) is 24.2 Å². The van der Waals surface area contributed by atoms with Crippen LogP contribution in [0.2, 0.25) is 0 Å². The maximum absolute atomic E-state index is 11.6. The van der Waals surface area contributed by atoms with E-state index in [1.807, 2.05) is 43.1 Å². The molecule has 1 atom stereocenters. The van der Waals surface area contributed by atoms with E-state index in [1.54, 1.807) is 31.4 Å². The highest BCUT2D eigenvalue weighted by molar-refractivity contribution is 5.95. The number of likely N-dealkylation sites (N-methyl/N-ethyl adjacent to an activating group) is 1. The Labute approximate surface area is 155 Å². The van der Waals surface area contributed by atoms with E-state index in [-0.39, 0.29) is 12.4 Å². The molecular weight excluding hydrogens is 330 g/mol. The van der Waals surface area contributed by atoms with E-state index in [1.165, 1.54) is 0 Å². The minimum Gasteiger partial charge on any atom is -0.496 e. The number of aliphatic hydroxyl groups excluding tert-OH is 1. The summed E-state index contributed by atoms with van der Waals surface area (Å²) in [5.41, 5.74) is 1.75. The Bertz CT molecular complexity index is 699. The molecule has 5 nitrogen and oxygen atoms in total. The van der Waals surface area contributed by atoms with Gasteiger partial charge in [-0.05, 0) is 37.4 Å². The first kappa shape index (κ1) is 19.9. The molecule has 2 aromatic rings. The number of methoxy groups -OCH3 is 1. The monoisotopic (exact) mass is 357 g/mol. The number of hydrogen-bond donors (Lipinski definition) is 1. The predicted octanol–water partition coefficient (Wildman–Crippen LogP) is 3.16. The second kappa shape index (κ2) is 9.94. The molecule has 2 rings (SSSR count). The van der Waals surface area contributed by atoms with Crippen molar-refractivity contribution < 1.29 is 19.4 Å². The van der Waals surface area contributed by atoms with Gasteiger partial charge in [-0.1, -0.05) is 25.1 Å². The number of hydrogen-bond acceptors (Lipinski definition) is 5. The summed E-state index contributed by atoms with van der Waals surface area (Å²) < 4.78 is 11.0. The predicted molar refractivity (Wildman–Crippen MR) is 102 cm³/mol. The van der Waals surface area contributed by atoms with Crippen molar-refractivity contribution in [2.75, 3.05) is 27.3 Å². The molecule has 0 fully saturated rings. The van der Waals surface area contributed by atoms with E-state index in [9.17, 15) is 9.90 Å². The number of carbonyl (C=O) groups excluding carboxylic acids is 1. The van der Waals surface area contributed by atoms with E-state index in [2.05, 4.69) is 0 Å². The van der Waals surface area contributed by atoms with Crippen LogP contribution in [-0.2, 0) is 6.54 Å². The zero-order valence-corrected chi connectivity index (χ0v) is 15.6. The highest BCUT2D eigenvalue weighted by Gasteiger charge is 2.12. The lowest BCUT2D eigenvalue weighted by Gasteiger charge is -2.21. The van der Waals surface area contributed by atoms with Crippen LogP contribution in [0.1, 0.15) is 29.3 Å². The van der Waals surface area contributed by atoms with Gasteiger partial charge in [0.15, 0.2) is 5.78 Å². The van der Waals surface area contributed by atoms with Crippen LogP contribution in [0.4, 0.5) is 0 Å². The number of rotatable bonds is 10. The maximum Gasteiger partial charge on any atom is 0.162 e. The second-order valence-corrected chi connectivity index (χ2v) is 6.27. The van der Waals surface area contributed by atoms with E-state index in [0.29, 0.717) is 30.8 Å². The Hall–Kier alpha value is -2.37. The summed E-state index contributed by atoms with van der Waals surface area (Å²) in [4.78, 5) is 13.6. The van der Waals surface area contributed by atoms with Gasteiger partial charge in [0.2, 0.25) is 0 Å². The third-order valence-corrected chi connectivity index (χ3v) is 4.09. The van der Waals surface area contributed by atoms with Crippen LogP contribution < -0.4 is 9.47 Å². The summed E-state index contributed by atoms with van der Waals surface area (Å²) in [6.07, 6.45) is -0.135. The molecule has 26 heavy (non-hydrogen) atoms. The summed E-state index contributed by atoms with van der Waals surface area (Å²) in [6, 6.07) is 14.9. The summed E-state index contributed by atoms with van der Waals surface area (Å²) >= 11 is 0. The molecule has 0 bridgehead atoms. The van der Waals surface area contributed by atoms with Gasteiger partial charge in [-0.2, -0.15) is 0 Å². The van der Waals surface area contributed by atoms with Crippen molar-refractivity contribution in [3.05, 3.63) is 59.7 Å². The van der Waals surface area contributed by atoms with Gasteiger partial charge in [0.05, 0.1) is 7.11 Å². The Morgan fingerprint density at radius 3 is 2.50 bits per heavy atom. The molecule has 140 valence electrons. The fourth-order valence-electron chi connectivity index (χ4n) is 2.74. The molecule has 0 amide bonds. The third kappa shape index (κ3) is 5.86. The lowest BCUT2D eigenvalue weighted by atomic mass is 10.1. The Kier molecular flexibility index (Phi) is 7.63. The molecule has 0 radical (unpaired) electrons. The molecule has 1 N–H and O–H groups in total. The minimum atomic E-state index is -0.619. The first-order valence-electron chi connectivity index (χ1n) is 8.78. The topological polar surface area (TPSA) is 59.0 Å². The molecule has 5 heteroatoms. The number of para-hydroxylation sites is 1. The van der Waals surface area contributed by atoms with Gasteiger partial charge in [-0.25, -0.2) is 0 Å². The zero-order chi connectivity index (χ0) is 18.9. The molecule has 0 aliphatic heterocycles. The van der Waals surface area contributed by atoms with E-state index >= 15 is 0 Å². The van der Waals surface area contributed by atoms with Crippen LogP contribution >= 0.6 is 0 Å². The lowest BCUT2D eigenvalue weighted by Crippen LogP contribution is -2.32. The van der Waals surface area contributed by atoms with E-state index in [4.69, 9.17) is 9.47 Å². The van der Waals surface area contributed by atoms with Gasteiger partial charge in [-0.15, -0.1) is 0 Å². The summed E-state index contributed by atoms with van der Waals surface area (Å²) in [7, 11) is 3.60. The quantitative estimate of drug-likeness (QED) is 0.662. The normalized spacial score (nSPS) is 12.0. The van der Waals surface area contributed by atoms with Crippen LogP contribution in [-0.4, -0.2) is 49.2 Å². The first-order chi connectivity index (χ1) is 12.5. The Morgan fingerprint density at radius 1 is 1.15 bits per heavy atom. The van der Waals surface area contributed by atoms with Crippen molar-refractivity contribution in [3.8, 4) is 11.5 Å². The SMILES string of the molecule is CCC(=O)c1ccc(OCC(O)CN(C)Cc2ccccc2OC)cc1. The molecule has 0 spiro atoms. The molecule has 0 aliphatic rings. The molecular formula is C21H27NO4. The number of Topliss-reactive ketones (excluding diaryl/α,β-unsaturated/α-hetero) is 1. The number of benzene rings is 2. The average molecular weight is 357 g/mol. The number of carbonyl (C=O) groups is 1. The van der Waals surface area contributed by atoms with Crippen LogP contribution in [0.3, 0.4) is 0 Å². The smallest absolute Gasteiger partial charge is 0.162 e. The second-order valence-electron chi connectivity index (χ2n) is 6.27. The Morgan fingerprint density at radius 2 is 1.85 bits per heavy atom. The van der Waals surface area contributed by atoms with E-state index in [0.717, 1.165) is 11.3 Å². The van der Waals surface area contributed by atoms with Crippen molar-refractivity contribution >= 4 is 5.78 Å². The number of ether oxygens (including phenoxy) is 2. The molecule has 0 saturated heterocycles. The minimum absolute atomic E-state index is 0.106. The van der Waals surface area contributed by atoms with Crippen molar-refractivity contribution in [1.82, 2.24) is 4.90 Å². The lowest BCUT2D eigenvalue weighted by molar-refractivity contribution is 0.0741. The molecule has 1 unspecified atom stereocenters. The number of ketones is 1. The van der Waals surface area contributed by atoms with Crippen molar-refractivity contribution in [2.45, 2.75) is 26.0 Å². The first-order valence-corrected chi connectivity index (χ1v) is 8.78. The van der Waals surface area contributed by atoms with Crippen LogP contribution in [0.15, 0.2) is 48.5 Å². The molecule has 0 aliphatic carbocycles. The maximum atomic E-state index is 11.6. The zero-order valence-electron chi connectivity index (χ0n) is 15.6. The van der Waals surface area contributed by atoms with Crippen molar-refractivity contribution in [2.24, 2.45) is 0 Å². The van der Waals surface area contributed by atoms with E-state index < -0.39 is 6.10 Å². The fraction of sp³-hybridized carbons (Fsp3) is 0.381. The summed E-state index contributed by atoms with van der Waals surface area (Å²) in [6.45, 7) is 3.18. The highest BCUT2D eigenvalue weighted by atomic mass is 16.5. The Balaban J connectivity index is 1.80. The van der Waals surface area contributed by atoms with Crippen LogP contribution in [0.25, 0.3) is 0 Å². The summed E-state index contributed by atoms with van der Waals surface area (Å²) in [5.74, 6) is 1.59. The van der Waals surface area contributed by atoms with Gasteiger partial charge in [0, 0.05) is 30.6 Å². The third-order valence-electron chi connectivity index (χ3n) is 4.09. The number of aliphatic hydroxyl groups is 1. The van der Waals surface area contributed by atoms with Crippen molar-refractivity contribution in [1.29, 1.82) is 0 Å². The fourth-order valence-corrected chi connectivity index (χ4v) is 2.74. The average Bonchev–Trinajstić information content (AvgIpc) is 2.66. The molecule has 0 saturated carbocycles. The largest absolute Gasteiger partial charge is 0.496 e. The molecule has 0 aromatic heterocycles. The van der Waals surface area contributed by atoms with Gasteiger partial charge < -0.3 is 14.6 Å². The van der Waals surface area contributed by atoms with Gasteiger partial charge >= 0.3 is 0 Å².